The molecule has 0 aliphatic heterocycles. The van der Waals surface area contributed by atoms with Crippen molar-refractivity contribution in [1.82, 2.24) is 14.8 Å². The van der Waals surface area contributed by atoms with Crippen LogP contribution < -0.4 is 5.56 Å². The quantitative estimate of drug-likeness (QED) is 0.433. The Morgan fingerprint density at radius 2 is 1.65 bits per heavy atom. The van der Waals surface area contributed by atoms with Gasteiger partial charge in [-0.05, 0) is 40.5 Å². The maximum atomic E-state index is 13.5. The lowest BCUT2D eigenvalue weighted by Crippen LogP contribution is -2.25. The number of aromatic nitrogens is 3. The first-order valence-electron chi connectivity index (χ1n) is 9.41. The highest BCUT2D eigenvalue weighted by Crippen LogP contribution is 2.29. The fourth-order valence-electron chi connectivity index (χ4n) is 3.30. The first-order chi connectivity index (χ1) is 15.0. The largest absolute Gasteiger partial charge is 0.772 e. The van der Waals surface area contributed by atoms with Gasteiger partial charge in [0.05, 0.1) is 18.3 Å². The maximum Gasteiger partial charge on any atom is 0.275 e. The van der Waals surface area contributed by atoms with Gasteiger partial charge in [0.1, 0.15) is 5.82 Å². The molecule has 2 heterocycles. The first kappa shape index (κ1) is 20.8. The van der Waals surface area contributed by atoms with Crippen molar-refractivity contribution in [3.05, 3.63) is 107 Å². The van der Waals surface area contributed by atoms with Gasteiger partial charge in [0.15, 0.2) is 0 Å². The molecule has 1 unspecified atom stereocenters. The Morgan fingerprint density at radius 1 is 0.935 bits per heavy atom. The summed E-state index contributed by atoms with van der Waals surface area (Å²) >= 11 is -2.19. The molecule has 4 rings (SSSR count). The molecule has 0 saturated carbocycles. The van der Waals surface area contributed by atoms with Gasteiger partial charge in [-0.3, -0.25) is 14.0 Å². The van der Waals surface area contributed by atoms with Gasteiger partial charge in [0.25, 0.3) is 5.56 Å². The molecule has 2 aromatic carbocycles. The molecule has 0 amide bonds. The van der Waals surface area contributed by atoms with Crippen molar-refractivity contribution < 1.29 is 13.2 Å². The van der Waals surface area contributed by atoms with Crippen LogP contribution in [0.5, 0.6) is 0 Å². The molecule has 0 spiro atoms. The fourth-order valence-corrected chi connectivity index (χ4v) is 3.76. The van der Waals surface area contributed by atoms with Crippen molar-refractivity contribution in [2.45, 2.75) is 12.3 Å². The van der Waals surface area contributed by atoms with Crippen LogP contribution in [0, 0.1) is 5.82 Å². The van der Waals surface area contributed by atoms with Gasteiger partial charge < -0.3 is 4.55 Å². The average Bonchev–Trinajstić information content (AvgIpc) is 2.77. The Bertz CT molecular complexity index is 1270. The van der Waals surface area contributed by atoms with E-state index in [-0.39, 0.29) is 17.9 Å². The first-order valence-corrected chi connectivity index (χ1v) is 10.7. The van der Waals surface area contributed by atoms with Crippen LogP contribution in [0.3, 0.4) is 0 Å². The summed E-state index contributed by atoms with van der Waals surface area (Å²) in [4.78, 5) is 17.4. The van der Waals surface area contributed by atoms with Crippen molar-refractivity contribution in [2.24, 2.45) is 0 Å². The van der Waals surface area contributed by atoms with Gasteiger partial charge >= 0.3 is 0 Å². The smallest absolute Gasteiger partial charge is 0.275 e. The van der Waals surface area contributed by atoms with E-state index < -0.39 is 16.9 Å². The van der Waals surface area contributed by atoms with E-state index in [0.717, 1.165) is 5.56 Å². The molecule has 0 bridgehead atoms. The minimum Gasteiger partial charge on any atom is -0.772 e. The number of hydrogen-bond acceptors (Lipinski definition) is 5. The van der Waals surface area contributed by atoms with Crippen LogP contribution in [0.25, 0.3) is 22.3 Å². The summed E-state index contributed by atoms with van der Waals surface area (Å²) in [5.41, 5.74) is 3.38. The number of rotatable bonds is 6. The summed E-state index contributed by atoms with van der Waals surface area (Å²) in [7, 11) is 0. The zero-order valence-electron chi connectivity index (χ0n) is 16.3. The molecular weight excluding hydrogens is 417 g/mol. The molecule has 6 nitrogen and oxygen atoms in total. The average molecular weight is 434 g/mol. The van der Waals surface area contributed by atoms with E-state index in [1.807, 2.05) is 6.07 Å². The molecule has 0 N–H and O–H groups in total. The summed E-state index contributed by atoms with van der Waals surface area (Å²) in [5.74, 6) is -0.485. The lowest BCUT2D eigenvalue weighted by Gasteiger charge is -2.13. The Kier molecular flexibility index (Phi) is 6.11. The van der Waals surface area contributed by atoms with E-state index in [1.54, 1.807) is 61.1 Å². The highest BCUT2D eigenvalue weighted by Gasteiger charge is 2.16. The summed E-state index contributed by atoms with van der Waals surface area (Å²) in [6.45, 7) is 0.245. The van der Waals surface area contributed by atoms with Crippen LogP contribution in [0.1, 0.15) is 11.1 Å². The third-order valence-electron chi connectivity index (χ3n) is 4.78. The van der Waals surface area contributed by atoms with Crippen LogP contribution in [0.2, 0.25) is 0 Å². The topological polar surface area (TPSA) is 87.9 Å². The summed E-state index contributed by atoms with van der Waals surface area (Å²) in [6, 6.07) is 16.2. The van der Waals surface area contributed by atoms with Crippen LogP contribution in [0.15, 0.2) is 84.0 Å². The van der Waals surface area contributed by atoms with E-state index in [0.29, 0.717) is 27.8 Å². The van der Waals surface area contributed by atoms with Crippen molar-refractivity contribution in [3.8, 4) is 22.3 Å². The molecular formula is C23H17FN3O3S-. The second-order valence-electron chi connectivity index (χ2n) is 6.91. The van der Waals surface area contributed by atoms with Crippen molar-refractivity contribution in [2.75, 3.05) is 0 Å². The molecule has 8 heteroatoms. The monoisotopic (exact) mass is 434 g/mol. The summed E-state index contributed by atoms with van der Waals surface area (Å²) < 4.78 is 36.7. The Hall–Kier alpha value is -3.49. The lowest BCUT2D eigenvalue weighted by atomic mass is 9.96. The second-order valence-corrected chi connectivity index (χ2v) is 7.81. The van der Waals surface area contributed by atoms with Gasteiger partial charge in [0.2, 0.25) is 0 Å². The Balaban J connectivity index is 1.82. The number of halogens is 1. The number of hydrogen-bond donors (Lipinski definition) is 0. The molecule has 0 aliphatic carbocycles. The van der Waals surface area contributed by atoms with Crippen molar-refractivity contribution in [1.29, 1.82) is 0 Å². The summed E-state index contributed by atoms with van der Waals surface area (Å²) in [5, 5.41) is 4.33. The van der Waals surface area contributed by atoms with E-state index >= 15 is 0 Å². The van der Waals surface area contributed by atoms with E-state index in [2.05, 4.69) is 10.1 Å². The van der Waals surface area contributed by atoms with E-state index in [4.69, 9.17) is 0 Å². The predicted molar refractivity (Wildman–Crippen MR) is 115 cm³/mol. The van der Waals surface area contributed by atoms with Crippen LogP contribution in [0.4, 0.5) is 4.39 Å². The van der Waals surface area contributed by atoms with Crippen molar-refractivity contribution >= 4 is 11.1 Å². The zero-order chi connectivity index (χ0) is 21.8. The predicted octanol–water partition coefficient (Wildman–Crippen LogP) is 3.54. The van der Waals surface area contributed by atoms with Gasteiger partial charge in [-0.25, -0.2) is 9.07 Å². The molecule has 156 valence electrons. The molecule has 4 aromatic rings. The van der Waals surface area contributed by atoms with Gasteiger partial charge in [0, 0.05) is 23.7 Å². The minimum absolute atomic E-state index is 0.0872. The van der Waals surface area contributed by atoms with Crippen LogP contribution in [-0.2, 0) is 23.4 Å². The van der Waals surface area contributed by atoms with Gasteiger partial charge in [-0.1, -0.05) is 53.5 Å². The molecule has 0 radical (unpaired) electrons. The Labute approximate surface area is 180 Å². The minimum atomic E-state index is -2.19. The highest BCUT2D eigenvalue weighted by atomic mass is 32.2. The van der Waals surface area contributed by atoms with E-state index in [1.165, 1.54) is 16.8 Å². The molecule has 0 saturated heterocycles. The Morgan fingerprint density at radius 3 is 2.29 bits per heavy atom. The lowest BCUT2D eigenvalue weighted by molar-refractivity contribution is 0.536. The van der Waals surface area contributed by atoms with Gasteiger partial charge in [-0.15, -0.1) is 0 Å². The third-order valence-corrected chi connectivity index (χ3v) is 5.35. The van der Waals surface area contributed by atoms with Crippen molar-refractivity contribution in [3.63, 3.8) is 0 Å². The highest BCUT2D eigenvalue weighted by molar-refractivity contribution is 7.78. The molecule has 1 atom stereocenters. The molecule has 0 aliphatic rings. The molecule has 31 heavy (non-hydrogen) atoms. The fraction of sp³-hybridized carbons (Fsp3) is 0.0870. The normalized spacial score (nSPS) is 11.9. The standard InChI is InChI=1S/C23H18FN3O3S/c24-20-9-7-19(8-10-20)22-21(18-5-3-16(4-6-18)15-31(29)30)13-26-27(23(22)28)14-17-2-1-11-25-12-17/h1-13H,14-15H2,(H,29,30)/p-1. The summed E-state index contributed by atoms with van der Waals surface area (Å²) in [6.07, 6.45) is 4.91. The number of benzene rings is 2. The van der Waals surface area contributed by atoms with Crippen LogP contribution >= 0.6 is 0 Å². The molecule has 2 aromatic heterocycles. The van der Waals surface area contributed by atoms with Crippen LogP contribution in [-0.4, -0.2) is 23.5 Å². The number of pyridine rings is 1. The SMILES string of the molecule is O=c1c(-c2ccc(F)cc2)c(-c2ccc(CS(=O)[O-])cc2)cnn1Cc1cccnc1. The maximum absolute atomic E-state index is 13.5. The number of nitrogens with zero attached hydrogens (tertiary/aromatic N) is 3. The zero-order valence-corrected chi connectivity index (χ0v) is 17.1. The van der Waals surface area contributed by atoms with Gasteiger partial charge in [-0.2, -0.15) is 5.10 Å². The van der Waals surface area contributed by atoms with E-state index in [9.17, 15) is 17.9 Å². The second kappa shape index (κ2) is 9.11. The molecule has 0 fully saturated rings. The third kappa shape index (κ3) is 4.82.